The summed E-state index contributed by atoms with van der Waals surface area (Å²) in [6, 6.07) is 11.4. The highest BCUT2D eigenvalue weighted by molar-refractivity contribution is 5.99. The molecule has 1 saturated heterocycles. The van der Waals surface area contributed by atoms with Gasteiger partial charge in [-0.25, -0.2) is 0 Å². The van der Waals surface area contributed by atoms with Crippen LogP contribution in [0.3, 0.4) is 0 Å². The average molecular weight is 340 g/mol. The lowest BCUT2D eigenvalue weighted by atomic mass is 9.57. The topological polar surface area (TPSA) is 92.3 Å². The number of benzene rings is 1. The molecule has 1 aromatic carbocycles. The van der Waals surface area contributed by atoms with E-state index >= 15 is 0 Å². The molecule has 1 aliphatic carbocycles. The summed E-state index contributed by atoms with van der Waals surface area (Å²) < 4.78 is 17.5. The Hall–Kier alpha value is -2.25. The molecule has 0 N–H and O–H groups in total. The van der Waals surface area contributed by atoms with Gasteiger partial charge in [-0.2, -0.15) is 10.5 Å². The Bertz CT molecular complexity index is 784. The first kappa shape index (κ1) is 17.6. The number of hydrogen-bond donors (Lipinski definition) is 0. The fourth-order valence-electron chi connectivity index (χ4n) is 4.51. The van der Waals surface area contributed by atoms with Crippen molar-refractivity contribution < 1.29 is 19.0 Å². The summed E-state index contributed by atoms with van der Waals surface area (Å²) in [6.45, 7) is 3.47. The van der Waals surface area contributed by atoms with Crippen molar-refractivity contribution in [2.45, 2.75) is 37.8 Å². The molecule has 0 radical (unpaired) electrons. The Balaban J connectivity index is 2.30. The maximum absolute atomic E-state index is 12.7. The monoisotopic (exact) mass is 340 g/mol. The van der Waals surface area contributed by atoms with Gasteiger partial charge < -0.3 is 14.2 Å². The van der Waals surface area contributed by atoms with Crippen molar-refractivity contribution in [3.8, 4) is 12.1 Å². The number of nitrogens with zero attached hydrogens (tertiary/aromatic N) is 2. The Kier molecular flexibility index (Phi) is 3.96. The first-order valence-electron chi connectivity index (χ1n) is 8.07. The molecule has 0 saturated carbocycles. The van der Waals surface area contributed by atoms with Gasteiger partial charge in [0.05, 0.1) is 18.2 Å². The minimum absolute atomic E-state index is 0.0212. The summed E-state index contributed by atoms with van der Waals surface area (Å²) >= 11 is 0. The van der Waals surface area contributed by atoms with E-state index in [0.29, 0.717) is 11.1 Å². The number of hydrogen-bond acceptors (Lipinski definition) is 6. The molecule has 1 heterocycles. The van der Waals surface area contributed by atoms with Gasteiger partial charge in [-0.05, 0) is 19.4 Å². The molecule has 0 unspecified atom stereocenters. The zero-order chi connectivity index (χ0) is 18.5. The second-order valence-electron chi connectivity index (χ2n) is 6.93. The molecule has 6 heteroatoms. The maximum atomic E-state index is 12.7. The van der Waals surface area contributed by atoms with E-state index in [2.05, 4.69) is 12.1 Å². The minimum Gasteiger partial charge on any atom is -0.361 e. The van der Waals surface area contributed by atoms with Crippen LogP contribution < -0.4 is 0 Å². The Labute approximate surface area is 146 Å². The number of nitriles is 2. The van der Waals surface area contributed by atoms with Crippen LogP contribution >= 0.6 is 0 Å². The standard InChI is InChI=1S/C19H20N2O4/c1-17(2)19(23-3,24-4)18(10-20,11-21)14-9-15(22)12-7-5-6-8-13(12)16(14)25-17/h5-8,14,16H,9H2,1-4H3/t14-,16+/m0/s1. The molecule has 6 nitrogen and oxygen atoms in total. The number of rotatable bonds is 2. The van der Waals surface area contributed by atoms with Crippen molar-refractivity contribution in [3.05, 3.63) is 35.4 Å². The van der Waals surface area contributed by atoms with Crippen LogP contribution in [0.25, 0.3) is 0 Å². The molecular formula is C19H20N2O4. The molecule has 0 bridgehead atoms. The Morgan fingerprint density at radius 2 is 1.76 bits per heavy atom. The van der Waals surface area contributed by atoms with Crippen LogP contribution in [-0.2, 0) is 14.2 Å². The molecule has 1 fully saturated rings. The van der Waals surface area contributed by atoms with Crippen molar-refractivity contribution in [1.29, 1.82) is 10.5 Å². The number of methoxy groups -OCH3 is 2. The van der Waals surface area contributed by atoms with Gasteiger partial charge in [-0.1, -0.05) is 24.3 Å². The van der Waals surface area contributed by atoms with E-state index in [1.54, 1.807) is 26.0 Å². The fraction of sp³-hybridized carbons (Fsp3) is 0.526. The summed E-state index contributed by atoms with van der Waals surface area (Å²) in [5, 5.41) is 20.1. The van der Waals surface area contributed by atoms with Crippen molar-refractivity contribution in [2.24, 2.45) is 11.3 Å². The molecule has 3 rings (SSSR count). The highest BCUT2D eigenvalue weighted by atomic mass is 16.7. The summed E-state index contributed by atoms with van der Waals surface area (Å²) in [6.07, 6.45) is -0.547. The largest absolute Gasteiger partial charge is 0.361 e. The van der Waals surface area contributed by atoms with Crippen LogP contribution in [0.15, 0.2) is 24.3 Å². The first-order chi connectivity index (χ1) is 11.8. The van der Waals surface area contributed by atoms with Crippen LogP contribution in [-0.4, -0.2) is 31.4 Å². The normalized spacial score (nSPS) is 28.2. The molecule has 1 aromatic rings. The molecule has 0 spiro atoms. The lowest BCUT2D eigenvalue weighted by Crippen LogP contribution is -2.71. The minimum atomic E-state index is -1.70. The van der Waals surface area contributed by atoms with Gasteiger partial charge in [0.2, 0.25) is 11.2 Å². The number of carbonyl (C=O) groups is 1. The first-order valence-corrected chi connectivity index (χ1v) is 8.07. The molecule has 1 aliphatic heterocycles. The van der Waals surface area contributed by atoms with E-state index in [9.17, 15) is 15.3 Å². The Morgan fingerprint density at radius 1 is 1.16 bits per heavy atom. The van der Waals surface area contributed by atoms with Crippen molar-refractivity contribution in [1.82, 2.24) is 0 Å². The molecule has 25 heavy (non-hydrogen) atoms. The quantitative estimate of drug-likeness (QED) is 0.769. The van der Waals surface area contributed by atoms with Crippen molar-refractivity contribution >= 4 is 5.78 Å². The zero-order valence-electron chi connectivity index (χ0n) is 14.7. The molecule has 2 atom stereocenters. The average Bonchev–Trinajstić information content (AvgIpc) is 2.61. The second kappa shape index (κ2) is 5.64. The van der Waals surface area contributed by atoms with Crippen LogP contribution in [0.1, 0.15) is 42.3 Å². The number of carbonyl (C=O) groups excluding carboxylic acids is 1. The van der Waals surface area contributed by atoms with Gasteiger partial charge >= 0.3 is 0 Å². The van der Waals surface area contributed by atoms with Gasteiger partial charge in [-0.3, -0.25) is 4.79 Å². The lowest BCUT2D eigenvalue weighted by Gasteiger charge is -2.59. The van der Waals surface area contributed by atoms with E-state index in [0.717, 1.165) is 0 Å². The van der Waals surface area contributed by atoms with Crippen LogP contribution in [0.4, 0.5) is 0 Å². The summed E-state index contributed by atoms with van der Waals surface area (Å²) in [5.74, 6) is -2.44. The number of ketones is 1. The highest BCUT2D eigenvalue weighted by Gasteiger charge is 2.73. The second-order valence-corrected chi connectivity index (χ2v) is 6.93. The van der Waals surface area contributed by atoms with Crippen LogP contribution in [0.2, 0.25) is 0 Å². The third kappa shape index (κ3) is 1.96. The smallest absolute Gasteiger partial charge is 0.230 e. The number of fused-ring (bicyclic) bond motifs is 3. The summed E-state index contributed by atoms with van der Waals surface area (Å²) in [4.78, 5) is 12.7. The molecule has 0 amide bonds. The van der Waals surface area contributed by atoms with E-state index in [-0.39, 0.29) is 12.2 Å². The predicted molar refractivity (Wildman–Crippen MR) is 87.2 cm³/mol. The van der Waals surface area contributed by atoms with Gasteiger partial charge in [0.25, 0.3) is 0 Å². The van der Waals surface area contributed by atoms with Gasteiger partial charge in [0, 0.05) is 32.1 Å². The third-order valence-corrected chi connectivity index (χ3v) is 5.56. The Morgan fingerprint density at radius 3 is 2.32 bits per heavy atom. The molecule has 130 valence electrons. The van der Waals surface area contributed by atoms with E-state index in [1.165, 1.54) is 14.2 Å². The summed E-state index contributed by atoms with van der Waals surface area (Å²) in [5.41, 5.74) is -1.53. The maximum Gasteiger partial charge on any atom is 0.230 e. The number of ether oxygens (including phenoxy) is 3. The molecule has 2 aliphatic rings. The number of Topliss-reactive ketones (excluding diaryl/α,β-unsaturated/α-hetero) is 1. The van der Waals surface area contributed by atoms with Gasteiger partial charge in [0.15, 0.2) is 5.78 Å². The van der Waals surface area contributed by atoms with E-state index < -0.39 is 28.8 Å². The predicted octanol–water partition coefficient (Wildman–Crippen LogP) is 2.76. The lowest BCUT2D eigenvalue weighted by molar-refractivity contribution is -0.386. The van der Waals surface area contributed by atoms with E-state index in [1.807, 2.05) is 12.1 Å². The van der Waals surface area contributed by atoms with Crippen LogP contribution in [0.5, 0.6) is 0 Å². The third-order valence-electron chi connectivity index (χ3n) is 5.56. The fourth-order valence-corrected chi connectivity index (χ4v) is 4.51. The summed E-state index contributed by atoms with van der Waals surface area (Å²) in [7, 11) is 2.77. The SMILES string of the molecule is COC1(OC)C(C)(C)O[C@@H]2c3ccccc3C(=O)C[C@@H]2C1(C#N)C#N. The van der Waals surface area contributed by atoms with Crippen molar-refractivity contribution in [3.63, 3.8) is 0 Å². The molecule has 0 aromatic heterocycles. The zero-order valence-corrected chi connectivity index (χ0v) is 14.7. The van der Waals surface area contributed by atoms with E-state index in [4.69, 9.17) is 14.2 Å². The van der Waals surface area contributed by atoms with Crippen molar-refractivity contribution in [2.75, 3.05) is 14.2 Å². The van der Waals surface area contributed by atoms with Gasteiger partial charge in [-0.15, -0.1) is 0 Å². The molecular weight excluding hydrogens is 320 g/mol. The van der Waals surface area contributed by atoms with Crippen LogP contribution in [0, 0.1) is 34.0 Å². The highest BCUT2D eigenvalue weighted by Crippen LogP contribution is 2.61. The van der Waals surface area contributed by atoms with Gasteiger partial charge in [0.1, 0.15) is 5.60 Å².